The first-order valence-electron chi connectivity index (χ1n) is 48.1. The van der Waals surface area contributed by atoms with Crippen molar-refractivity contribution < 1.29 is 28.7 Å². The van der Waals surface area contributed by atoms with Crippen molar-refractivity contribution in [2.75, 3.05) is 6.61 Å². The molecule has 3 aliphatic rings. The van der Waals surface area contributed by atoms with Crippen molar-refractivity contribution >= 4 is 23.5 Å². The number of carbonyl (C=O) groups excluding carboxylic acids is 4. The summed E-state index contributed by atoms with van der Waals surface area (Å²) in [6, 6.07) is 0. The average Bonchev–Trinajstić information content (AvgIpc) is 0.786. The van der Waals surface area contributed by atoms with Crippen molar-refractivity contribution in [2.45, 2.75) is 379 Å². The quantitative estimate of drug-likeness (QED) is 0.0689. The number of carbonyl (C=O) groups is 4. The van der Waals surface area contributed by atoms with E-state index in [-0.39, 0.29) is 30.1 Å². The van der Waals surface area contributed by atoms with Gasteiger partial charge in [0.2, 0.25) is 0 Å². The highest BCUT2D eigenvalue weighted by Crippen LogP contribution is 2.37. The highest BCUT2D eigenvalue weighted by atomic mass is 16.5. The van der Waals surface area contributed by atoms with Gasteiger partial charge in [-0.05, 0) is 489 Å². The molecule has 6 aromatic carbocycles. The van der Waals surface area contributed by atoms with Gasteiger partial charge in [0.05, 0.1) is 6.61 Å². The standard InChI is InChI=1S/C40H48O4.C34H44.C25H32.C10H16.2C5H8O.2C2H6/c1-23(2)39(41)43-21-34-15-13-33(14-16-34)17-18-35-25(5)27(7)36(28(8)26(35)6)19-20-37-29(9)31(11)38(32(12)30(37)10)22-44-40(42)24(3)4;1-11-29-13-15-30(16-14-29)17-18-32-25(7)27(9)34(28(10)26(32)8)20-19-33-23(5)21(3)31(12-2)22(4)24(33)6;1-11-23-19(7)21(9)25(22(10)20(23)8)13-12-24-17(5)15(3)14(2)16(4)18(24)6;1-3-9-5-7-10(4-2)8-6-9;2*1-4(2)5(3)6;2*1-2/h33-34H,1,3,13-16,21-22H2,2,4-12H3;29-30H,11-16H2,1-10H3;11H2,1-10H3;1,9-10H,4-8H2,2H3;2*1H2,2-3H3;2*1-2H3. The molecule has 9 rings (SSSR count). The van der Waals surface area contributed by atoms with Crippen LogP contribution in [0, 0.1) is 280 Å². The van der Waals surface area contributed by atoms with Gasteiger partial charge in [0, 0.05) is 73.4 Å². The van der Waals surface area contributed by atoms with Crippen LogP contribution >= 0.6 is 0 Å². The van der Waals surface area contributed by atoms with Gasteiger partial charge in [-0.15, -0.1) is 12.3 Å². The molecule has 0 unspecified atom stereocenters. The van der Waals surface area contributed by atoms with Crippen molar-refractivity contribution in [2.24, 2.45) is 35.5 Å². The van der Waals surface area contributed by atoms with Gasteiger partial charge in [0.1, 0.15) is 6.61 Å². The lowest BCUT2D eigenvalue weighted by Crippen LogP contribution is -2.20. The lowest BCUT2D eigenvalue weighted by atomic mass is 9.81. The molecule has 0 amide bonds. The Morgan fingerprint density at radius 2 is 0.465 bits per heavy atom. The van der Waals surface area contributed by atoms with E-state index in [1.54, 1.807) is 27.7 Å². The third-order valence-electron chi connectivity index (χ3n) is 28.7. The normalized spacial score (nSPS) is 15.5. The maximum absolute atomic E-state index is 12.0. The van der Waals surface area contributed by atoms with Gasteiger partial charge in [-0.25, -0.2) is 9.59 Å². The fourth-order valence-electron chi connectivity index (χ4n) is 17.3. The van der Waals surface area contributed by atoms with Gasteiger partial charge < -0.3 is 9.47 Å². The number of hydrogen-bond donors (Lipinski definition) is 0. The maximum atomic E-state index is 12.0. The van der Waals surface area contributed by atoms with E-state index in [1.807, 2.05) is 27.7 Å². The summed E-state index contributed by atoms with van der Waals surface area (Å²) in [5.74, 6) is 41.8. The zero-order valence-electron chi connectivity index (χ0n) is 88.5. The van der Waals surface area contributed by atoms with Crippen LogP contribution in [-0.4, -0.2) is 30.1 Å². The molecule has 3 saturated carbocycles. The molecule has 0 saturated heterocycles. The Bertz CT molecular complexity index is 5240. The third kappa shape index (κ3) is 31.3. The van der Waals surface area contributed by atoms with Crippen LogP contribution in [0.3, 0.4) is 0 Å². The Morgan fingerprint density at radius 1 is 0.271 bits per heavy atom. The summed E-state index contributed by atoms with van der Waals surface area (Å²) in [4.78, 5) is 43.8. The van der Waals surface area contributed by atoms with Crippen molar-refractivity contribution in [3.63, 3.8) is 0 Å². The minimum atomic E-state index is -0.376. The molecule has 0 spiro atoms. The first kappa shape index (κ1) is 115. The van der Waals surface area contributed by atoms with Gasteiger partial charge >= 0.3 is 11.9 Å². The molecule has 129 heavy (non-hydrogen) atoms. The van der Waals surface area contributed by atoms with Crippen LogP contribution in [0.5, 0.6) is 0 Å². The fraction of sp³-hybridized carbons (Fsp3) is 0.512. The molecule has 3 fully saturated rings. The second-order valence-corrected chi connectivity index (χ2v) is 36.6. The van der Waals surface area contributed by atoms with Crippen LogP contribution < -0.4 is 0 Å². The zero-order valence-corrected chi connectivity index (χ0v) is 88.5. The first-order valence-corrected chi connectivity index (χ1v) is 48.1. The second kappa shape index (κ2) is 55.2. The van der Waals surface area contributed by atoms with E-state index < -0.39 is 0 Å². The number of ether oxygens (including phenoxy) is 2. The predicted molar refractivity (Wildman–Crippen MR) is 557 cm³/mol. The van der Waals surface area contributed by atoms with Crippen molar-refractivity contribution in [1.29, 1.82) is 0 Å². The average molecular weight is 1740 g/mol. The molecule has 6 nitrogen and oxygen atoms in total. The Kier molecular flexibility index (Phi) is 49.2. The van der Waals surface area contributed by atoms with Crippen LogP contribution in [0.15, 0.2) is 48.6 Å². The van der Waals surface area contributed by atoms with Crippen molar-refractivity contribution in [3.05, 3.63) is 249 Å². The Hall–Kier alpha value is -10.1. The van der Waals surface area contributed by atoms with Crippen LogP contribution in [0.1, 0.15) is 387 Å². The van der Waals surface area contributed by atoms with E-state index in [4.69, 9.17) is 15.9 Å². The summed E-state index contributed by atoms with van der Waals surface area (Å²) in [6.07, 6.45) is 24.7. The smallest absolute Gasteiger partial charge is 0.333 e. The molecular formula is C123H168O6. The lowest BCUT2D eigenvalue weighted by Gasteiger charge is -2.25. The predicted octanol–water partition coefficient (Wildman–Crippen LogP) is 30.8. The lowest BCUT2D eigenvalue weighted by molar-refractivity contribution is -0.141. The molecule has 0 atom stereocenters. The molecule has 0 heterocycles. The van der Waals surface area contributed by atoms with E-state index in [9.17, 15) is 19.2 Å². The van der Waals surface area contributed by atoms with Crippen LogP contribution in [-0.2, 0) is 48.1 Å². The summed E-state index contributed by atoms with van der Waals surface area (Å²) in [5.41, 5.74) is 47.3. The highest BCUT2D eigenvalue weighted by Gasteiger charge is 2.26. The molecular weight excluding hydrogens is 1570 g/mol. The molecule has 0 aliphatic heterocycles. The summed E-state index contributed by atoms with van der Waals surface area (Å²) in [6.45, 7) is 96.4. The van der Waals surface area contributed by atoms with E-state index in [1.165, 1.54) is 234 Å². The molecule has 6 heteroatoms. The van der Waals surface area contributed by atoms with E-state index >= 15 is 0 Å². The number of esters is 2. The number of terminal acetylenes is 1. The van der Waals surface area contributed by atoms with E-state index in [0.29, 0.717) is 52.6 Å². The number of rotatable bonds is 12. The topological polar surface area (TPSA) is 86.7 Å². The largest absolute Gasteiger partial charge is 0.462 e. The SMILES string of the molecule is C#CC1CCC(CC)CC1.C=C(C)C(=O)OCc1c(C)c(C)c(C#Cc2c(C)c(C)c(C#CC3CCC(COC(=O)C(=C)C)CC3)c(C)c2C)c(C)c1C.C=C(C)C(C)=O.C=C(C)C(C)=O.CC.CC.CCc1c(C)c(C)c(C#Cc2c(C)c(C)c(C#CC3CCC(CC)CC3)c(C)c2C)c(C)c1C.CCc1c(C)c(C)c(C#Cc2c(C)c(C)c(C)c(C)c2C)c(C)c1C. The number of benzene rings is 6. The summed E-state index contributed by atoms with van der Waals surface area (Å²) in [7, 11) is 0. The zero-order chi connectivity index (χ0) is 98.8. The molecule has 6 aromatic rings. The van der Waals surface area contributed by atoms with E-state index in [2.05, 4.69) is 292 Å². The molecule has 0 radical (unpaired) electrons. The monoisotopic (exact) mass is 1740 g/mol. The van der Waals surface area contributed by atoms with Gasteiger partial charge in [0.25, 0.3) is 0 Å². The summed E-state index contributed by atoms with van der Waals surface area (Å²) < 4.78 is 10.9. The maximum Gasteiger partial charge on any atom is 0.333 e. The second-order valence-electron chi connectivity index (χ2n) is 36.6. The fourth-order valence-corrected chi connectivity index (χ4v) is 17.3. The number of Topliss-reactive ketones (excluding diaryl/α,β-unsaturated/α-hetero) is 2. The number of hydrogen-bond acceptors (Lipinski definition) is 6. The molecule has 696 valence electrons. The molecule has 0 N–H and O–H groups in total. The van der Waals surface area contributed by atoms with Gasteiger partial charge in [-0.3, -0.25) is 9.59 Å². The molecule has 0 aromatic heterocycles. The van der Waals surface area contributed by atoms with Crippen LogP contribution in [0.25, 0.3) is 0 Å². The van der Waals surface area contributed by atoms with Crippen molar-refractivity contribution in [3.8, 4) is 71.5 Å². The summed E-state index contributed by atoms with van der Waals surface area (Å²) >= 11 is 0. The molecule has 3 aliphatic carbocycles. The summed E-state index contributed by atoms with van der Waals surface area (Å²) in [5, 5.41) is 0. The van der Waals surface area contributed by atoms with Crippen LogP contribution in [0.2, 0.25) is 0 Å². The Balaban J connectivity index is 0.000000586. The number of ketones is 2. The van der Waals surface area contributed by atoms with Gasteiger partial charge in [-0.2, -0.15) is 0 Å². The Morgan fingerprint density at radius 3 is 0.682 bits per heavy atom. The van der Waals surface area contributed by atoms with Gasteiger partial charge in [0.15, 0.2) is 11.6 Å². The highest BCUT2D eigenvalue weighted by molar-refractivity contribution is 5.92. The molecule has 0 bridgehead atoms. The Labute approximate surface area is 789 Å². The third-order valence-corrected chi connectivity index (χ3v) is 28.7. The minimum absolute atomic E-state index is 0.0648. The van der Waals surface area contributed by atoms with Gasteiger partial charge in [-0.1, -0.05) is 154 Å². The van der Waals surface area contributed by atoms with E-state index in [0.717, 1.165) is 94.9 Å². The first-order chi connectivity index (χ1) is 60.5. The number of allylic oxidation sites excluding steroid dienone is 2. The van der Waals surface area contributed by atoms with Crippen LogP contribution in [0.4, 0.5) is 0 Å². The minimum Gasteiger partial charge on any atom is -0.462 e. The van der Waals surface area contributed by atoms with Crippen molar-refractivity contribution in [1.82, 2.24) is 0 Å².